The van der Waals surface area contributed by atoms with Crippen molar-refractivity contribution in [2.45, 2.75) is 44.4 Å². The van der Waals surface area contributed by atoms with Crippen LogP contribution in [0.3, 0.4) is 0 Å². The molecule has 2 aliphatic heterocycles. The average Bonchev–Trinajstić information content (AvgIpc) is 3.27. The maximum Gasteiger partial charge on any atom is 0.244 e. The quantitative estimate of drug-likeness (QED) is 0.545. The van der Waals surface area contributed by atoms with Crippen molar-refractivity contribution in [1.29, 1.82) is 0 Å². The number of hydrogen-bond donors (Lipinski definition) is 1. The Morgan fingerprint density at radius 2 is 1.89 bits per heavy atom. The first-order valence-corrected chi connectivity index (χ1v) is 14.1. The van der Waals surface area contributed by atoms with E-state index in [2.05, 4.69) is 21.2 Å². The number of anilines is 2. The minimum Gasteiger partial charge on any atom is -0.494 e. The van der Waals surface area contributed by atoms with Crippen LogP contribution in [0.15, 0.2) is 45.8 Å². The Morgan fingerprint density at radius 1 is 1.14 bits per heavy atom. The van der Waals surface area contributed by atoms with Gasteiger partial charge in [0.25, 0.3) is 0 Å². The van der Waals surface area contributed by atoms with Gasteiger partial charge in [-0.05, 0) is 84.1 Å². The molecular weight excluding hydrogens is 534 g/mol. The molecule has 1 fully saturated rings. The van der Waals surface area contributed by atoms with Crippen molar-refractivity contribution >= 4 is 49.1 Å². The Kier molecular flexibility index (Phi) is 7.83. The Hall–Kier alpha value is -2.43. The van der Waals surface area contributed by atoms with E-state index in [0.29, 0.717) is 61.2 Å². The first kappa shape index (κ1) is 25.7. The molecule has 2 heterocycles. The lowest BCUT2D eigenvalue weighted by molar-refractivity contribution is -0.121. The van der Waals surface area contributed by atoms with Gasteiger partial charge in [-0.1, -0.05) is 6.92 Å². The molecule has 0 bridgehead atoms. The zero-order valence-electron chi connectivity index (χ0n) is 19.9. The van der Waals surface area contributed by atoms with Crippen LogP contribution in [-0.4, -0.2) is 50.8 Å². The molecule has 10 heteroatoms. The van der Waals surface area contributed by atoms with E-state index in [1.807, 2.05) is 6.92 Å². The zero-order valence-corrected chi connectivity index (χ0v) is 22.3. The largest absolute Gasteiger partial charge is 0.494 e. The number of sulfonamides is 1. The monoisotopic (exact) mass is 563 g/mol. The predicted molar refractivity (Wildman–Crippen MR) is 138 cm³/mol. The highest BCUT2D eigenvalue weighted by molar-refractivity contribution is 9.10. The van der Waals surface area contributed by atoms with Crippen molar-refractivity contribution in [3.63, 3.8) is 0 Å². The molecule has 0 spiro atoms. The molecule has 2 aromatic carbocycles. The molecule has 0 saturated carbocycles. The summed E-state index contributed by atoms with van der Waals surface area (Å²) >= 11 is 3.43. The highest BCUT2D eigenvalue weighted by Gasteiger charge is 2.36. The lowest BCUT2D eigenvalue weighted by atomic mass is 9.99. The van der Waals surface area contributed by atoms with Gasteiger partial charge in [-0.25, -0.2) is 8.42 Å². The van der Waals surface area contributed by atoms with Gasteiger partial charge in [-0.15, -0.1) is 0 Å². The maximum atomic E-state index is 13.6. The van der Waals surface area contributed by atoms with Gasteiger partial charge in [-0.2, -0.15) is 4.31 Å². The van der Waals surface area contributed by atoms with Crippen LogP contribution < -0.4 is 15.0 Å². The van der Waals surface area contributed by atoms with Crippen LogP contribution in [0.5, 0.6) is 5.75 Å². The van der Waals surface area contributed by atoms with Gasteiger partial charge in [0.2, 0.25) is 21.8 Å². The number of nitrogens with one attached hydrogen (secondary N) is 1. The topological polar surface area (TPSA) is 96.0 Å². The highest BCUT2D eigenvalue weighted by atomic mass is 79.9. The normalized spacial score (nSPS) is 18.3. The number of ether oxygens (including phenoxy) is 1. The molecule has 8 nitrogen and oxygen atoms in total. The predicted octanol–water partition coefficient (Wildman–Crippen LogP) is 4.19. The van der Waals surface area contributed by atoms with Crippen molar-refractivity contribution in [1.82, 2.24) is 4.31 Å². The van der Waals surface area contributed by atoms with E-state index in [1.165, 1.54) is 4.31 Å². The number of amides is 2. The molecule has 35 heavy (non-hydrogen) atoms. The summed E-state index contributed by atoms with van der Waals surface area (Å²) in [6.45, 7) is 5.26. The summed E-state index contributed by atoms with van der Waals surface area (Å²) in [5.74, 6) is 0.0243. The van der Waals surface area contributed by atoms with E-state index in [1.54, 1.807) is 48.2 Å². The minimum absolute atomic E-state index is 0.0292. The molecule has 0 aromatic heterocycles. The first-order chi connectivity index (χ1) is 16.7. The first-order valence-electron chi connectivity index (χ1n) is 11.9. The summed E-state index contributed by atoms with van der Waals surface area (Å²) in [5.41, 5.74) is 2.24. The van der Waals surface area contributed by atoms with Crippen LogP contribution >= 0.6 is 15.9 Å². The van der Waals surface area contributed by atoms with Crippen molar-refractivity contribution in [2.75, 3.05) is 36.5 Å². The molecular formula is C25H30BrN3O5S. The number of piperidine rings is 1. The molecule has 0 aliphatic carbocycles. The molecule has 0 radical (unpaired) electrons. The number of halogens is 1. The number of carbonyl (C=O) groups is 2. The summed E-state index contributed by atoms with van der Waals surface area (Å²) in [6, 6.07) is 10.5. The van der Waals surface area contributed by atoms with Crippen LogP contribution in [0.4, 0.5) is 11.4 Å². The summed E-state index contributed by atoms with van der Waals surface area (Å²) in [4.78, 5) is 27.1. The van der Waals surface area contributed by atoms with E-state index in [4.69, 9.17) is 4.74 Å². The molecule has 188 valence electrons. The molecule has 0 unspecified atom stereocenters. The average molecular weight is 565 g/mol. The van der Waals surface area contributed by atoms with Crippen molar-refractivity contribution < 1.29 is 22.7 Å². The fourth-order valence-corrected chi connectivity index (χ4v) is 7.19. The molecule has 2 amide bonds. The van der Waals surface area contributed by atoms with E-state index >= 15 is 0 Å². The van der Waals surface area contributed by atoms with Crippen LogP contribution in [0.2, 0.25) is 0 Å². The fourth-order valence-electron chi connectivity index (χ4n) is 4.59. The van der Waals surface area contributed by atoms with Gasteiger partial charge >= 0.3 is 0 Å². The third-order valence-corrected chi connectivity index (χ3v) is 9.26. The van der Waals surface area contributed by atoms with Gasteiger partial charge in [-0.3, -0.25) is 9.59 Å². The van der Waals surface area contributed by atoms with Crippen molar-refractivity contribution in [3.8, 4) is 5.75 Å². The van der Waals surface area contributed by atoms with Crippen LogP contribution in [0.25, 0.3) is 0 Å². The van der Waals surface area contributed by atoms with E-state index in [9.17, 15) is 18.0 Å². The maximum absolute atomic E-state index is 13.6. The Bertz CT molecular complexity index is 1220. The Balaban J connectivity index is 1.51. The number of fused-ring (bicyclic) bond motifs is 1. The van der Waals surface area contributed by atoms with Crippen molar-refractivity contribution in [3.05, 3.63) is 46.4 Å². The number of rotatable bonds is 7. The van der Waals surface area contributed by atoms with Crippen LogP contribution in [0, 0.1) is 5.92 Å². The Labute approximate surface area is 214 Å². The second-order valence-electron chi connectivity index (χ2n) is 8.71. The molecule has 1 saturated heterocycles. The lowest BCUT2D eigenvalue weighted by Crippen LogP contribution is -2.43. The molecule has 1 atom stereocenters. The van der Waals surface area contributed by atoms with Gasteiger partial charge in [0.15, 0.2) is 0 Å². The number of carbonyl (C=O) groups excluding carboxylic acids is 2. The highest BCUT2D eigenvalue weighted by Crippen LogP contribution is 2.37. The minimum atomic E-state index is -3.87. The summed E-state index contributed by atoms with van der Waals surface area (Å²) in [5, 5.41) is 2.89. The second-order valence-corrected chi connectivity index (χ2v) is 11.5. The number of hydrogen-bond acceptors (Lipinski definition) is 5. The Morgan fingerprint density at radius 3 is 2.57 bits per heavy atom. The fraction of sp³-hybridized carbons (Fsp3) is 0.440. The molecule has 2 aromatic rings. The van der Waals surface area contributed by atoms with E-state index < -0.39 is 15.9 Å². The molecule has 4 rings (SSSR count). The van der Waals surface area contributed by atoms with Gasteiger partial charge < -0.3 is 15.0 Å². The SMILES string of the molecule is CCOc1ccc(NC(=O)[C@H]2CCCN(S(=O)(=O)c3cc4c(cc3Br)CCN4C(=O)CC)C2)cc1. The zero-order chi connectivity index (χ0) is 25.2. The van der Waals surface area contributed by atoms with Gasteiger partial charge in [0.1, 0.15) is 5.75 Å². The van der Waals surface area contributed by atoms with Gasteiger partial charge in [0, 0.05) is 41.9 Å². The standard InChI is InChI=1S/C25H30BrN3O5S/c1-3-24(30)29-13-11-17-14-21(26)23(15-22(17)29)35(32,33)28-12-5-6-18(16-28)25(31)27-19-7-9-20(10-8-19)34-4-2/h7-10,14-15,18H,3-6,11-13,16H2,1-2H3,(H,27,31)/t18-/m0/s1. The third-order valence-electron chi connectivity index (χ3n) is 6.44. The number of nitrogens with zero attached hydrogens (tertiary/aromatic N) is 2. The summed E-state index contributed by atoms with van der Waals surface area (Å²) in [6.07, 6.45) is 2.25. The second kappa shape index (κ2) is 10.7. The van der Waals surface area contributed by atoms with Crippen LogP contribution in [-0.2, 0) is 26.0 Å². The molecule has 2 aliphatic rings. The lowest BCUT2D eigenvalue weighted by Gasteiger charge is -2.31. The van der Waals surface area contributed by atoms with Gasteiger partial charge in [0.05, 0.1) is 17.4 Å². The number of benzene rings is 2. The van der Waals surface area contributed by atoms with Crippen molar-refractivity contribution in [2.24, 2.45) is 5.92 Å². The molecule has 1 N–H and O–H groups in total. The smallest absolute Gasteiger partial charge is 0.244 e. The third kappa shape index (κ3) is 5.39. The van der Waals surface area contributed by atoms with Crippen LogP contribution in [0.1, 0.15) is 38.7 Å². The van der Waals surface area contributed by atoms with E-state index in [-0.39, 0.29) is 23.3 Å². The van der Waals surface area contributed by atoms with E-state index in [0.717, 1.165) is 11.3 Å². The summed E-state index contributed by atoms with van der Waals surface area (Å²) < 4.78 is 34.5. The summed E-state index contributed by atoms with van der Waals surface area (Å²) in [7, 11) is -3.87.